The van der Waals surface area contributed by atoms with Gasteiger partial charge in [0, 0.05) is 11.4 Å². The van der Waals surface area contributed by atoms with E-state index >= 15 is 0 Å². The van der Waals surface area contributed by atoms with Gasteiger partial charge in [-0.25, -0.2) is 0 Å². The molecule has 1 atom stereocenters. The highest BCUT2D eigenvalue weighted by molar-refractivity contribution is 5.31. The molecule has 0 amide bonds. The quantitative estimate of drug-likeness (QED) is 0.538. The highest BCUT2D eigenvalue weighted by Crippen LogP contribution is 2.29. The van der Waals surface area contributed by atoms with Gasteiger partial charge < -0.3 is 4.90 Å². The molecule has 0 aliphatic heterocycles. The van der Waals surface area contributed by atoms with Crippen molar-refractivity contribution in [2.24, 2.45) is 5.41 Å². The molecule has 0 N–H and O–H groups in total. The molecule has 0 fully saturated rings. The molecule has 0 saturated heterocycles. The van der Waals surface area contributed by atoms with Crippen molar-refractivity contribution < 1.29 is 0 Å². The van der Waals surface area contributed by atoms with E-state index in [1.54, 1.807) is 0 Å². The predicted octanol–water partition coefficient (Wildman–Crippen LogP) is 6.30. The molecule has 0 bridgehead atoms. The lowest BCUT2D eigenvalue weighted by Gasteiger charge is -2.36. The van der Waals surface area contributed by atoms with Crippen LogP contribution in [0.5, 0.6) is 0 Å². The third-order valence-corrected chi connectivity index (χ3v) is 4.18. The zero-order chi connectivity index (χ0) is 16.7. The number of hydrogen-bond donors (Lipinski definition) is 0. The largest absolute Gasteiger partial charge is 0.338 e. The summed E-state index contributed by atoms with van der Waals surface area (Å²) < 4.78 is 0. The lowest BCUT2D eigenvalue weighted by Crippen LogP contribution is -2.32. The van der Waals surface area contributed by atoms with E-state index in [0.29, 0.717) is 11.5 Å². The van der Waals surface area contributed by atoms with E-state index in [-0.39, 0.29) is 0 Å². The van der Waals surface area contributed by atoms with Crippen molar-refractivity contribution in [1.29, 1.82) is 0 Å². The molecule has 0 aromatic rings. The van der Waals surface area contributed by atoms with Gasteiger partial charge in [0.2, 0.25) is 0 Å². The Morgan fingerprint density at radius 1 is 1.22 bits per heavy atom. The number of allylic oxidation sites excluding steroid dienone is 9. The summed E-state index contributed by atoms with van der Waals surface area (Å²) in [5.74, 6) is 0. The van der Waals surface area contributed by atoms with E-state index < -0.39 is 0 Å². The Bertz CT molecular complexity index is 561. The predicted molar refractivity (Wildman–Crippen MR) is 102 cm³/mol. The van der Waals surface area contributed by atoms with Crippen LogP contribution in [0, 0.1) is 5.41 Å². The maximum Gasteiger partial charge on any atom is 0.0556 e. The summed E-state index contributed by atoms with van der Waals surface area (Å²) in [7, 11) is 0. The van der Waals surface area contributed by atoms with Crippen LogP contribution in [0.25, 0.3) is 0 Å². The summed E-state index contributed by atoms with van der Waals surface area (Å²) in [5, 5.41) is 0. The molecule has 1 unspecified atom stereocenters. The SMILES string of the molecule is C/C=C(\C=C/CC(C)(C)C)N(C1=CC=CCC1)C1C=CC=CC1. The van der Waals surface area contributed by atoms with E-state index in [9.17, 15) is 0 Å². The number of rotatable bonds is 5. The van der Waals surface area contributed by atoms with Gasteiger partial charge in [-0.2, -0.15) is 0 Å². The summed E-state index contributed by atoms with van der Waals surface area (Å²) in [4.78, 5) is 2.52. The van der Waals surface area contributed by atoms with Crippen LogP contribution in [-0.2, 0) is 0 Å². The zero-order valence-corrected chi connectivity index (χ0v) is 15.1. The molecule has 2 aliphatic carbocycles. The Hall–Kier alpha value is -1.76. The van der Waals surface area contributed by atoms with Gasteiger partial charge in [-0.3, -0.25) is 0 Å². The van der Waals surface area contributed by atoms with E-state index in [1.165, 1.54) is 11.4 Å². The summed E-state index contributed by atoms with van der Waals surface area (Å²) in [6.07, 6.45) is 26.9. The van der Waals surface area contributed by atoms with E-state index in [0.717, 1.165) is 25.7 Å². The molecule has 0 saturated carbocycles. The van der Waals surface area contributed by atoms with Gasteiger partial charge in [0.1, 0.15) is 0 Å². The first-order valence-corrected chi connectivity index (χ1v) is 8.82. The van der Waals surface area contributed by atoms with Crippen LogP contribution < -0.4 is 0 Å². The molecule has 1 heteroatoms. The zero-order valence-electron chi connectivity index (χ0n) is 15.1. The molecule has 2 aliphatic rings. The van der Waals surface area contributed by atoms with Gasteiger partial charge in [-0.15, -0.1) is 0 Å². The number of nitrogens with zero attached hydrogens (tertiary/aromatic N) is 1. The van der Waals surface area contributed by atoms with Crippen LogP contribution >= 0.6 is 0 Å². The van der Waals surface area contributed by atoms with Crippen molar-refractivity contribution in [2.45, 2.75) is 59.4 Å². The van der Waals surface area contributed by atoms with Crippen molar-refractivity contribution in [3.05, 3.63) is 72.2 Å². The second-order valence-electron chi connectivity index (χ2n) is 7.49. The average Bonchev–Trinajstić information content (AvgIpc) is 2.54. The molecule has 124 valence electrons. The second kappa shape index (κ2) is 8.19. The van der Waals surface area contributed by atoms with Crippen LogP contribution in [0.4, 0.5) is 0 Å². The highest BCUT2D eigenvalue weighted by Gasteiger charge is 2.21. The fourth-order valence-electron chi connectivity index (χ4n) is 2.97. The smallest absolute Gasteiger partial charge is 0.0556 e. The van der Waals surface area contributed by atoms with Crippen LogP contribution in [-0.4, -0.2) is 10.9 Å². The number of hydrogen-bond acceptors (Lipinski definition) is 1. The molecular formula is C22H31N. The molecule has 23 heavy (non-hydrogen) atoms. The molecule has 1 nitrogen and oxygen atoms in total. The fraction of sp³-hybridized carbons (Fsp3) is 0.455. The van der Waals surface area contributed by atoms with Gasteiger partial charge in [0.25, 0.3) is 0 Å². The summed E-state index contributed by atoms with van der Waals surface area (Å²) in [6.45, 7) is 9.00. The molecule has 0 heterocycles. The molecular weight excluding hydrogens is 278 g/mol. The lowest BCUT2D eigenvalue weighted by atomic mass is 9.92. The standard InChI is InChI=1S/C22H31N/c1-5-19(17-12-18-22(2,3)4)23(20-13-8-6-9-14-20)21-15-10-7-11-16-21/h5-10,12-13,15,17,20H,11,14,16,18H2,1-4H3/b17-12-,19-5+. The lowest BCUT2D eigenvalue weighted by molar-refractivity contribution is 0.357. The van der Waals surface area contributed by atoms with Crippen molar-refractivity contribution in [3.63, 3.8) is 0 Å². The Morgan fingerprint density at radius 2 is 2.04 bits per heavy atom. The van der Waals surface area contributed by atoms with Crippen molar-refractivity contribution in [3.8, 4) is 0 Å². The average molecular weight is 309 g/mol. The first-order valence-electron chi connectivity index (χ1n) is 8.82. The van der Waals surface area contributed by atoms with Gasteiger partial charge >= 0.3 is 0 Å². The minimum Gasteiger partial charge on any atom is -0.338 e. The van der Waals surface area contributed by atoms with Crippen LogP contribution in [0.3, 0.4) is 0 Å². The minimum atomic E-state index is 0.334. The van der Waals surface area contributed by atoms with E-state index in [1.807, 2.05) is 0 Å². The van der Waals surface area contributed by atoms with Gasteiger partial charge in [-0.1, -0.05) is 69.4 Å². The monoisotopic (exact) mass is 309 g/mol. The van der Waals surface area contributed by atoms with Crippen LogP contribution in [0.15, 0.2) is 72.2 Å². The first-order chi connectivity index (χ1) is 11.0. The van der Waals surface area contributed by atoms with Crippen LogP contribution in [0.2, 0.25) is 0 Å². The second-order valence-corrected chi connectivity index (χ2v) is 7.49. The van der Waals surface area contributed by atoms with Gasteiger partial charge in [0.05, 0.1) is 6.04 Å². The summed E-state index contributed by atoms with van der Waals surface area (Å²) in [6, 6.07) is 0.420. The summed E-state index contributed by atoms with van der Waals surface area (Å²) >= 11 is 0. The minimum absolute atomic E-state index is 0.334. The topological polar surface area (TPSA) is 3.24 Å². The molecule has 0 aromatic heterocycles. The Kier molecular flexibility index (Phi) is 6.27. The summed E-state index contributed by atoms with van der Waals surface area (Å²) in [5.41, 5.74) is 3.06. The normalized spacial score (nSPS) is 21.8. The van der Waals surface area contributed by atoms with Gasteiger partial charge in [-0.05, 0) is 50.2 Å². The van der Waals surface area contributed by atoms with E-state index in [2.05, 4.69) is 93.4 Å². The maximum atomic E-state index is 2.52. The molecule has 0 spiro atoms. The Labute approximate surface area is 142 Å². The maximum absolute atomic E-state index is 2.52. The third kappa shape index (κ3) is 5.42. The molecule has 0 aromatic carbocycles. The van der Waals surface area contributed by atoms with Crippen molar-refractivity contribution >= 4 is 0 Å². The van der Waals surface area contributed by atoms with Gasteiger partial charge in [0.15, 0.2) is 0 Å². The Morgan fingerprint density at radius 3 is 2.61 bits per heavy atom. The first kappa shape index (κ1) is 17.6. The van der Waals surface area contributed by atoms with Crippen LogP contribution in [0.1, 0.15) is 53.4 Å². The Balaban J connectivity index is 2.24. The fourth-order valence-corrected chi connectivity index (χ4v) is 2.97. The molecule has 0 radical (unpaired) electrons. The highest BCUT2D eigenvalue weighted by atomic mass is 15.2. The van der Waals surface area contributed by atoms with Crippen molar-refractivity contribution in [1.82, 2.24) is 4.90 Å². The molecule has 2 rings (SSSR count). The van der Waals surface area contributed by atoms with Crippen molar-refractivity contribution in [2.75, 3.05) is 0 Å². The third-order valence-electron chi connectivity index (χ3n) is 4.18. The van der Waals surface area contributed by atoms with E-state index in [4.69, 9.17) is 0 Å².